The molecule has 88 valence electrons. The molecule has 1 aromatic rings. The van der Waals surface area contributed by atoms with E-state index in [2.05, 4.69) is 23.7 Å². The maximum Gasteiger partial charge on any atom is 0.108 e. The van der Waals surface area contributed by atoms with Crippen LogP contribution in [-0.4, -0.2) is 20.3 Å². The van der Waals surface area contributed by atoms with Crippen LogP contribution < -0.4 is 0 Å². The van der Waals surface area contributed by atoms with Crippen molar-refractivity contribution >= 4 is 0 Å². The zero-order chi connectivity index (χ0) is 12.2. The lowest BCUT2D eigenvalue weighted by Crippen LogP contribution is -1.92. The van der Waals surface area contributed by atoms with E-state index in [0.29, 0.717) is 26.2 Å². The van der Waals surface area contributed by atoms with Gasteiger partial charge in [0.15, 0.2) is 0 Å². The quantitative estimate of drug-likeness (QED) is 0.581. The van der Waals surface area contributed by atoms with Crippen molar-refractivity contribution in [1.29, 1.82) is 0 Å². The summed E-state index contributed by atoms with van der Waals surface area (Å²) < 4.78 is 10.2. The van der Waals surface area contributed by atoms with Gasteiger partial charge in [0.25, 0.3) is 0 Å². The second-order valence-corrected chi connectivity index (χ2v) is 3.30. The molecule has 0 aliphatic carbocycles. The molecule has 0 heterocycles. The van der Waals surface area contributed by atoms with E-state index in [9.17, 15) is 0 Å². The van der Waals surface area contributed by atoms with Gasteiger partial charge in [0.2, 0.25) is 0 Å². The number of hydrogen-bond donors (Lipinski definition) is 0. The minimum Gasteiger partial charge on any atom is -0.372 e. The van der Waals surface area contributed by atoms with Gasteiger partial charge in [-0.05, 0) is 5.56 Å². The molecule has 0 bridgehead atoms. The van der Waals surface area contributed by atoms with Crippen molar-refractivity contribution in [3.8, 4) is 23.7 Å². The highest BCUT2D eigenvalue weighted by atomic mass is 16.5. The Bertz CT molecular complexity index is 415. The van der Waals surface area contributed by atoms with Crippen LogP contribution in [-0.2, 0) is 16.1 Å². The van der Waals surface area contributed by atoms with Crippen LogP contribution >= 0.6 is 0 Å². The minimum absolute atomic E-state index is 0.445. The summed E-state index contributed by atoms with van der Waals surface area (Å²) in [6.07, 6.45) is 0.568. The minimum atomic E-state index is 0.445. The van der Waals surface area contributed by atoms with Crippen LogP contribution in [0, 0.1) is 23.7 Å². The van der Waals surface area contributed by atoms with Crippen molar-refractivity contribution in [2.75, 3.05) is 20.3 Å². The van der Waals surface area contributed by atoms with Gasteiger partial charge in [-0.2, -0.15) is 0 Å². The molecule has 0 aliphatic rings. The lowest BCUT2D eigenvalue weighted by atomic mass is 10.2. The van der Waals surface area contributed by atoms with E-state index in [4.69, 9.17) is 9.47 Å². The van der Waals surface area contributed by atoms with Gasteiger partial charge in [-0.25, -0.2) is 0 Å². The van der Waals surface area contributed by atoms with Crippen molar-refractivity contribution in [1.82, 2.24) is 0 Å². The Morgan fingerprint density at radius 3 is 2.35 bits per heavy atom. The van der Waals surface area contributed by atoms with Crippen LogP contribution in [0.4, 0.5) is 0 Å². The Labute approximate surface area is 103 Å². The summed E-state index contributed by atoms with van der Waals surface area (Å²) in [6, 6.07) is 10.0. The number of benzene rings is 1. The molecule has 1 rings (SSSR count). The molecule has 0 fully saturated rings. The molecule has 0 aromatic heterocycles. The molecule has 0 N–H and O–H groups in total. The standard InChI is InChI=1S/C15H16O2/c1-16-12-8-3-2-4-9-13-17-14-15-10-6-5-7-11-15/h5-7,10-11H,2,12-14H2,1H3. The highest BCUT2D eigenvalue weighted by Gasteiger charge is 1.88. The Balaban J connectivity index is 2.09. The second-order valence-electron chi connectivity index (χ2n) is 3.30. The van der Waals surface area contributed by atoms with E-state index in [1.165, 1.54) is 0 Å². The third-order valence-corrected chi connectivity index (χ3v) is 1.93. The number of hydrogen-bond acceptors (Lipinski definition) is 2. The Morgan fingerprint density at radius 1 is 0.941 bits per heavy atom. The lowest BCUT2D eigenvalue weighted by molar-refractivity contribution is 0.153. The molecule has 2 heteroatoms. The first-order valence-electron chi connectivity index (χ1n) is 5.45. The number of ether oxygens (including phenoxy) is 2. The topological polar surface area (TPSA) is 18.5 Å². The molecule has 17 heavy (non-hydrogen) atoms. The van der Waals surface area contributed by atoms with E-state index in [-0.39, 0.29) is 0 Å². The predicted molar refractivity (Wildman–Crippen MR) is 68.1 cm³/mol. The first-order valence-corrected chi connectivity index (χ1v) is 5.45. The maximum atomic E-state index is 5.40. The molecule has 0 amide bonds. The van der Waals surface area contributed by atoms with Crippen molar-refractivity contribution in [3.05, 3.63) is 35.9 Å². The zero-order valence-corrected chi connectivity index (χ0v) is 10.0. The molecule has 0 atom stereocenters. The lowest BCUT2D eigenvalue weighted by Gasteiger charge is -1.98. The predicted octanol–water partition coefficient (Wildman–Crippen LogP) is 2.25. The van der Waals surface area contributed by atoms with Crippen LogP contribution in [0.3, 0.4) is 0 Å². The summed E-state index contributed by atoms with van der Waals surface area (Å²) >= 11 is 0. The Hall–Kier alpha value is -1.74. The number of methoxy groups -OCH3 is 1. The SMILES string of the molecule is COCC#CCC#CCOCc1ccccc1. The summed E-state index contributed by atoms with van der Waals surface area (Å²) in [7, 11) is 1.62. The molecule has 0 unspecified atom stereocenters. The molecule has 1 aromatic carbocycles. The average molecular weight is 228 g/mol. The molecular weight excluding hydrogens is 212 g/mol. The fraction of sp³-hybridized carbons (Fsp3) is 0.333. The van der Waals surface area contributed by atoms with Crippen LogP contribution in [0.2, 0.25) is 0 Å². The van der Waals surface area contributed by atoms with Gasteiger partial charge in [0.05, 0.1) is 13.0 Å². The molecular formula is C15H16O2. The Morgan fingerprint density at radius 2 is 1.65 bits per heavy atom. The van der Waals surface area contributed by atoms with Crippen molar-refractivity contribution in [2.45, 2.75) is 13.0 Å². The van der Waals surface area contributed by atoms with Crippen LogP contribution in [0.1, 0.15) is 12.0 Å². The molecule has 2 nitrogen and oxygen atoms in total. The van der Waals surface area contributed by atoms with Crippen molar-refractivity contribution in [3.63, 3.8) is 0 Å². The van der Waals surface area contributed by atoms with E-state index in [1.54, 1.807) is 7.11 Å². The fourth-order valence-corrected chi connectivity index (χ4v) is 1.14. The fourth-order valence-electron chi connectivity index (χ4n) is 1.14. The molecule has 0 radical (unpaired) electrons. The number of rotatable bonds is 4. The average Bonchev–Trinajstić information content (AvgIpc) is 2.38. The van der Waals surface area contributed by atoms with Crippen LogP contribution in [0.25, 0.3) is 0 Å². The molecule has 0 saturated heterocycles. The highest BCUT2D eigenvalue weighted by Crippen LogP contribution is 1.99. The van der Waals surface area contributed by atoms with Gasteiger partial charge >= 0.3 is 0 Å². The maximum absolute atomic E-state index is 5.40. The van der Waals surface area contributed by atoms with Gasteiger partial charge in [0.1, 0.15) is 13.2 Å². The second kappa shape index (κ2) is 9.48. The van der Waals surface area contributed by atoms with Crippen LogP contribution in [0.15, 0.2) is 30.3 Å². The third kappa shape index (κ3) is 7.19. The summed E-state index contributed by atoms with van der Waals surface area (Å²) in [4.78, 5) is 0. The zero-order valence-electron chi connectivity index (χ0n) is 10.0. The molecule has 0 spiro atoms. The van der Waals surface area contributed by atoms with Crippen molar-refractivity contribution in [2.24, 2.45) is 0 Å². The third-order valence-electron chi connectivity index (χ3n) is 1.93. The summed E-state index contributed by atoms with van der Waals surface area (Å²) in [5, 5.41) is 0. The summed E-state index contributed by atoms with van der Waals surface area (Å²) in [5.41, 5.74) is 1.16. The highest BCUT2D eigenvalue weighted by molar-refractivity contribution is 5.14. The van der Waals surface area contributed by atoms with E-state index in [0.717, 1.165) is 5.56 Å². The monoisotopic (exact) mass is 228 g/mol. The van der Waals surface area contributed by atoms with Gasteiger partial charge < -0.3 is 9.47 Å². The Kier molecular flexibility index (Phi) is 7.43. The van der Waals surface area contributed by atoms with Crippen molar-refractivity contribution < 1.29 is 9.47 Å². The van der Waals surface area contributed by atoms with E-state index >= 15 is 0 Å². The largest absolute Gasteiger partial charge is 0.372 e. The summed E-state index contributed by atoms with van der Waals surface area (Å²) in [6.45, 7) is 1.51. The molecule has 0 aliphatic heterocycles. The first kappa shape index (κ1) is 13.3. The normalized spacial score (nSPS) is 8.76. The van der Waals surface area contributed by atoms with Gasteiger partial charge in [-0.1, -0.05) is 54.0 Å². The van der Waals surface area contributed by atoms with E-state index < -0.39 is 0 Å². The van der Waals surface area contributed by atoms with Crippen LogP contribution in [0.5, 0.6) is 0 Å². The summed E-state index contributed by atoms with van der Waals surface area (Å²) in [5.74, 6) is 11.6. The van der Waals surface area contributed by atoms with Gasteiger partial charge in [-0.15, -0.1) is 0 Å². The van der Waals surface area contributed by atoms with Gasteiger partial charge in [-0.3, -0.25) is 0 Å². The molecule has 0 saturated carbocycles. The van der Waals surface area contributed by atoms with E-state index in [1.807, 2.05) is 30.3 Å². The first-order chi connectivity index (χ1) is 8.43. The smallest absolute Gasteiger partial charge is 0.108 e. The van der Waals surface area contributed by atoms with Gasteiger partial charge in [0, 0.05) is 7.11 Å².